The molecule has 4 aliphatic rings. The number of anilines is 1. The molecule has 2 aromatic carbocycles. The Morgan fingerprint density at radius 3 is 2.11 bits per heavy atom. The molecule has 14 atom stereocenters. The summed E-state index contributed by atoms with van der Waals surface area (Å²) in [5, 5.41) is 125. The number of nitrogens with zero attached hydrogens (tertiary/aromatic N) is 6. The van der Waals surface area contributed by atoms with Gasteiger partial charge in [0.05, 0.1) is 36.9 Å². The molecular formula is C54H67N12NaO20S2. The maximum atomic E-state index is 14.7. The van der Waals surface area contributed by atoms with Crippen LogP contribution in [0, 0.1) is 5.92 Å². The summed E-state index contributed by atoms with van der Waals surface area (Å²) in [5.41, 5.74) is 6.32. The maximum Gasteiger partial charge on any atom is 1.00 e. The van der Waals surface area contributed by atoms with E-state index in [1.54, 1.807) is 18.3 Å². The number of phenols is 1. The van der Waals surface area contributed by atoms with Gasteiger partial charge in [0, 0.05) is 74.4 Å². The van der Waals surface area contributed by atoms with Gasteiger partial charge in [0.2, 0.25) is 41.4 Å². The second-order valence-electron chi connectivity index (χ2n) is 21.8. The number of piperidine rings is 1. The second kappa shape index (κ2) is 31.3. The molecule has 15 N–H and O–H groups in total. The molecule has 0 saturated carbocycles. The smallest absolute Gasteiger partial charge is 0.691 e. The first kappa shape index (κ1) is 69.7. The predicted molar refractivity (Wildman–Crippen MR) is 303 cm³/mol. The van der Waals surface area contributed by atoms with Crippen LogP contribution in [-0.4, -0.2) is 219 Å². The first-order chi connectivity index (χ1) is 41.9. The molecule has 2 aromatic heterocycles. The SMILES string of the molecule is CC(O)C1NC(=O)[C@@H](NC(=O)c2ccc(-c3nnc(-c4ccc(N5CCCCC5)nc4)s3)cc2)CC(O)CNC(=O)C2C(O)C(C)CN2C(=O)C(C(O)CC(N)=O)NC(=O)C(C(O)C(O)c2ccc(O)c(OSOO[O-])c2)NC(=O)C2CC(O)CN2C1=O.[Na+]. The number of fused-ring (bicyclic) bond motifs is 2. The normalized spacial score (nSPS) is 26.4. The van der Waals surface area contributed by atoms with E-state index in [-0.39, 0.29) is 53.0 Å². The Labute approximate surface area is 538 Å². The number of nitrogens with one attached hydrogen (secondary N) is 5. The third-order valence-corrected chi connectivity index (χ3v) is 16.8. The molecule has 0 radical (unpaired) electrons. The van der Waals surface area contributed by atoms with Gasteiger partial charge in [-0.3, -0.25) is 43.4 Å². The number of nitrogens with two attached hydrogens (primary N) is 1. The van der Waals surface area contributed by atoms with E-state index in [0.717, 1.165) is 72.2 Å². The fraction of sp³-hybridized carbons (Fsp3) is 0.500. The number of aliphatic hydroxyl groups excluding tert-OH is 7. The van der Waals surface area contributed by atoms with Crippen molar-refractivity contribution < 1.29 is 128 Å². The third kappa shape index (κ3) is 17.0. The van der Waals surface area contributed by atoms with Gasteiger partial charge < -0.3 is 97.3 Å². The molecule has 13 unspecified atom stereocenters. The monoisotopic (exact) mass is 1290 g/mol. The molecule has 35 heteroatoms. The number of aliphatic hydroxyl groups is 7. The molecule has 4 aromatic rings. The average molecular weight is 1290 g/mol. The Bertz CT molecular complexity index is 3170. The molecule has 8 amide bonds. The van der Waals surface area contributed by atoms with Gasteiger partial charge in [0.25, 0.3) is 18.2 Å². The standard InChI is InChI=1S/C54H68N12O20S2.Na/c1-24-22-66-42(43(24)73)50(80)57-21-30(68)17-32(58-46(76)26-6-8-27(9-7-26)51-62-63-52(87-51)29-11-13-38(56-20-29)64-14-4-3-5-15-64)47(77)59-39(25(2)67)53(81)65-23-31(69)18-33(65)48(78)61-41(49(79)60-40(54(66)82)35(71)19-37(55)72)45(75)44(74)28-10-12-34(70)36(16-28)84-88-86-85-83;/h6-13,16,20,24-25,30-33,35,39-45,67-71,73-75,83H,3-5,14-15,17-19,21-23H2,1-2H3,(H2,55,72)(H,57,80)(H,58,76)(H,59,77)(H,60,79)(H,61,78);/q;+1/p-1/t24?,25?,30?,31?,32-,33?,35?,39?,40?,41?,42?,43?,44?,45?;/m0./s1. The van der Waals surface area contributed by atoms with Crippen LogP contribution in [0.25, 0.3) is 21.1 Å². The molecule has 8 rings (SSSR count). The topological polar surface area (TPSA) is 484 Å². The quantitative estimate of drug-likeness (QED) is 0.0163. The van der Waals surface area contributed by atoms with Crippen molar-refractivity contribution in [1.82, 2.24) is 51.6 Å². The van der Waals surface area contributed by atoms with Crippen LogP contribution in [0.2, 0.25) is 0 Å². The van der Waals surface area contributed by atoms with Crippen LogP contribution < -0.4 is 76.2 Å². The summed E-state index contributed by atoms with van der Waals surface area (Å²) in [6.45, 7) is 2.53. The van der Waals surface area contributed by atoms with Crippen molar-refractivity contribution in [2.75, 3.05) is 37.6 Å². The van der Waals surface area contributed by atoms with Gasteiger partial charge in [-0.1, -0.05) is 36.5 Å². The van der Waals surface area contributed by atoms with Crippen molar-refractivity contribution in [1.29, 1.82) is 0 Å². The van der Waals surface area contributed by atoms with E-state index in [9.17, 15) is 84.5 Å². The van der Waals surface area contributed by atoms with Gasteiger partial charge in [-0.15, -0.1) is 14.5 Å². The van der Waals surface area contributed by atoms with Crippen molar-refractivity contribution in [3.63, 3.8) is 0 Å². The van der Waals surface area contributed by atoms with Gasteiger partial charge in [-0.2, -0.15) is 0 Å². The number of aromatic hydroxyl groups is 1. The number of carbonyl (C=O) groups is 8. The van der Waals surface area contributed by atoms with Gasteiger partial charge in [0.15, 0.2) is 11.5 Å². The van der Waals surface area contributed by atoms with Crippen molar-refractivity contribution in [2.24, 2.45) is 11.7 Å². The zero-order valence-corrected chi connectivity index (χ0v) is 51.8. The summed E-state index contributed by atoms with van der Waals surface area (Å²) in [6.07, 6.45) is -11.1. The van der Waals surface area contributed by atoms with E-state index in [4.69, 9.17) is 9.92 Å². The number of hydrogen-bond donors (Lipinski definition) is 14. The van der Waals surface area contributed by atoms with E-state index in [0.29, 0.717) is 15.6 Å². The van der Waals surface area contributed by atoms with Gasteiger partial charge in [-0.25, -0.2) is 4.98 Å². The molecule has 476 valence electrons. The molecule has 89 heavy (non-hydrogen) atoms. The first-order valence-corrected chi connectivity index (χ1v) is 29.4. The minimum Gasteiger partial charge on any atom is -0.691 e. The van der Waals surface area contributed by atoms with E-state index >= 15 is 0 Å². The number of primary amides is 1. The van der Waals surface area contributed by atoms with Gasteiger partial charge in [-0.05, 0) is 68.1 Å². The van der Waals surface area contributed by atoms with Crippen LogP contribution in [0.5, 0.6) is 11.5 Å². The van der Waals surface area contributed by atoms with E-state index in [1.165, 1.54) is 36.8 Å². The van der Waals surface area contributed by atoms with E-state index in [2.05, 4.69) is 56.0 Å². The van der Waals surface area contributed by atoms with E-state index in [1.807, 2.05) is 12.1 Å². The molecule has 32 nitrogen and oxygen atoms in total. The zero-order valence-electron chi connectivity index (χ0n) is 48.2. The van der Waals surface area contributed by atoms with Gasteiger partial charge in [0.1, 0.15) is 64.3 Å². The summed E-state index contributed by atoms with van der Waals surface area (Å²) in [7, 11) is 0. The number of pyridine rings is 1. The molecule has 4 saturated heterocycles. The largest absolute Gasteiger partial charge is 1.00 e. The number of hydrogen-bond acceptors (Lipinski definition) is 26. The number of β-amino-alcohol motifs (C(OH)–C–C–N with tert-alkyl or cyclic N) is 1. The van der Waals surface area contributed by atoms with Crippen LogP contribution >= 0.6 is 23.7 Å². The molecule has 4 fully saturated rings. The predicted octanol–water partition coefficient (Wildman–Crippen LogP) is -7.55. The number of carbonyl (C=O) groups excluding carboxylic acids is 8. The number of amides is 8. The van der Waals surface area contributed by atoms with Crippen LogP contribution in [0.1, 0.15) is 74.4 Å². The Morgan fingerprint density at radius 2 is 1.46 bits per heavy atom. The minimum absolute atomic E-state index is 0. The van der Waals surface area contributed by atoms with Crippen LogP contribution in [0.3, 0.4) is 0 Å². The fourth-order valence-corrected chi connectivity index (χ4v) is 11.8. The summed E-state index contributed by atoms with van der Waals surface area (Å²) >= 11 is 1.19. The zero-order chi connectivity index (χ0) is 63.7. The first-order valence-electron chi connectivity index (χ1n) is 27.9. The summed E-state index contributed by atoms with van der Waals surface area (Å²) in [4.78, 5) is 122. The molecule has 4 aliphatic heterocycles. The minimum atomic E-state index is -2.54. The van der Waals surface area contributed by atoms with Crippen LogP contribution in [-0.2, 0) is 42.9 Å². The number of rotatable bonds is 16. The third-order valence-electron chi connectivity index (χ3n) is 15.4. The molecule has 6 heterocycles. The maximum absolute atomic E-state index is 14.7. The van der Waals surface area contributed by atoms with Gasteiger partial charge >= 0.3 is 29.6 Å². The molecule has 0 bridgehead atoms. The molecule has 0 spiro atoms. The Kier molecular flexibility index (Phi) is 24.5. The Balaban J connectivity index is 0.0000113. The van der Waals surface area contributed by atoms with Crippen molar-refractivity contribution in [3.8, 4) is 32.6 Å². The second-order valence-corrected chi connectivity index (χ2v) is 23.2. The Hall–Kier alpha value is -6.74. The van der Waals surface area contributed by atoms with Crippen LogP contribution in [0.15, 0.2) is 60.8 Å². The van der Waals surface area contributed by atoms with Crippen LogP contribution in [0.4, 0.5) is 5.82 Å². The summed E-state index contributed by atoms with van der Waals surface area (Å²) in [5.74, 6) is -11.1. The number of benzene rings is 2. The molecule has 0 aliphatic carbocycles. The fourth-order valence-electron chi connectivity index (χ4n) is 10.7. The summed E-state index contributed by atoms with van der Waals surface area (Å²) < 4.78 is 9.04. The van der Waals surface area contributed by atoms with Crippen molar-refractivity contribution in [2.45, 2.75) is 131 Å². The van der Waals surface area contributed by atoms with Crippen molar-refractivity contribution >= 4 is 76.7 Å². The number of aromatic nitrogens is 3. The summed E-state index contributed by atoms with van der Waals surface area (Å²) in [6, 6.07) is 0.428. The van der Waals surface area contributed by atoms with Crippen molar-refractivity contribution in [3.05, 3.63) is 71.9 Å². The van der Waals surface area contributed by atoms with E-state index < -0.39 is 183 Å². The molecular weight excluding hydrogens is 1220 g/mol. The Morgan fingerprint density at radius 1 is 0.809 bits per heavy atom. The average Bonchev–Trinajstić information content (AvgIpc) is 2.15. The number of phenolic OH excluding ortho intramolecular Hbond substituents is 1.